The van der Waals surface area contributed by atoms with Gasteiger partial charge in [0, 0.05) is 6.54 Å². The third-order valence-corrected chi connectivity index (χ3v) is 4.04. The Morgan fingerprint density at radius 2 is 2.07 bits per heavy atom. The minimum absolute atomic E-state index is 0.102. The zero-order valence-electron chi connectivity index (χ0n) is 9.45. The van der Waals surface area contributed by atoms with Crippen molar-refractivity contribution < 1.29 is 5.11 Å². The van der Waals surface area contributed by atoms with Gasteiger partial charge in [-0.15, -0.1) is 0 Å². The van der Waals surface area contributed by atoms with Crippen molar-refractivity contribution in [3.63, 3.8) is 0 Å². The van der Waals surface area contributed by atoms with Gasteiger partial charge >= 0.3 is 0 Å². The van der Waals surface area contributed by atoms with E-state index in [1.54, 1.807) is 0 Å². The maximum Gasteiger partial charge on any atom is 0.0669 e. The normalized spacial score (nSPS) is 38.1. The van der Waals surface area contributed by atoms with Crippen LogP contribution in [0.1, 0.15) is 32.1 Å². The van der Waals surface area contributed by atoms with Crippen molar-refractivity contribution in [1.82, 2.24) is 4.90 Å². The molecule has 2 aliphatic carbocycles. The molecule has 2 saturated carbocycles. The van der Waals surface area contributed by atoms with Crippen LogP contribution in [0.2, 0.25) is 0 Å². The molecule has 2 rings (SSSR count). The zero-order chi connectivity index (χ0) is 10.1. The van der Waals surface area contributed by atoms with E-state index < -0.39 is 0 Å². The highest BCUT2D eigenvalue weighted by Gasteiger charge is 2.39. The highest BCUT2D eigenvalue weighted by molar-refractivity contribution is 4.90. The lowest BCUT2D eigenvalue weighted by Gasteiger charge is -2.25. The van der Waals surface area contributed by atoms with Crippen LogP contribution in [0.25, 0.3) is 0 Å². The summed E-state index contributed by atoms with van der Waals surface area (Å²) >= 11 is 0. The average molecular weight is 197 g/mol. The molecule has 0 aromatic heterocycles. The molecule has 0 aliphatic heterocycles. The molecule has 1 N–H and O–H groups in total. The van der Waals surface area contributed by atoms with Gasteiger partial charge in [0.2, 0.25) is 0 Å². The van der Waals surface area contributed by atoms with E-state index in [-0.39, 0.29) is 6.10 Å². The first kappa shape index (κ1) is 10.4. The van der Waals surface area contributed by atoms with E-state index in [2.05, 4.69) is 4.90 Å². The molecule has 82 valence electrons. The van der Waals surface area contributed by atoms with Gasteiger partial charge in [-0.25, -0.2) is 0 Å². The number of fused-ring (bicyclic) bond motifs is 2. The minimum atomic E-state index is -0.102. The predicted octanol–water partition coefficient (Wildman–Crippen LogP) is 1.74. The zero-order valence-corrected chi connectivity index (χ0v) is 9.45. The fraction of sp³-hybridized carbons (Fsp3) is 1.00. The van der Waals surface area contributed by atoms with Crippen molar-refractivity contribution in [3.05, 3.63) is 0 Å². The van der Waals surface area contributed by atoms with Crippen LogP contribution in [0, 0.1) is 17.8 Å². The summed E-state index contributed by atoms with van der Waals surface area (Å²) in [4.78, 5) is 2.08. The molecule has 2 aliphatic rings. The Bertz CT molecular complexity index is 193. The summed E-state index contributed by atoms with van der Waals surface area (Å²) in [5, 5.41) is 9.87. The molecule has 0 radical (unpaired) electrons. The predicted molar refractivity (Wildman–Crippen MR) is 58.1 cm³/mol. The first-order valence-electron chi connectivity index (χ1n) is 5.98. The summed E-state index contributed by atoms with van der Waals surface area (Å²) in [6.07, 6.45) is 6.69. The topological polar surface area (TPSA) is 23.5 Å². The summed E-state index contributed by atoms with van der Waals surface area (Å²) < 4.78 is 0. The van der Waals surface area contributed by atoms with Crippen molar-refractivity contribution >= 4 is 0 Å². The number of aliphatic hydroxyl groups is 1. The quantitative estimate of drug-likeness (QED) is 0.742. The van der Waals surface area contributed by atoms with Gasteiger partial charge in [0.1, 0.15) is 0 Å². The van der Waals surface area contributed by atoms with E-state index in [1.165, 1.54) is 25.7 Å². The van der Waals surface area contributed by atoms with Crippen molar-refractivity contribution in [2.24, 2.45) is 17.8 Å². The third kappa shape index (κ3) is 2.29. The summed E-state index contributed by atoms with van der Waals surface area (Å²) in [7, 11) is 4.06. The smallest absolute Gasteiger partial charge is 0.0669 e. The van der Waals surface area contributed by atoms with Gasteiger partial charge in [-0.05, 0) is 57.5 Å². The van der Waals surface area contributed by atoms with Gasteiger partial charge in [0.05, 0.1) is 6.10 Å². The second kappa shape index (κ2) is 4.19. The van der Waals surface area contributed by atoms with Gasteiger partial charge in [-0.2, -0.15) is 0 Å². The summed E-state index contributed by atoms with van der Waals surface area (Å²) in [5.41, 5.74) is 0. The second-order valence-electron chi connectivity index (χ2n) is 5.59. The van der Waals surface area contributed by atoms with E-state index in [1.807, 2.05) is 14.1 Å². The molecule has 2 heteroatoms. The van der Waals surface area contributed by atoms with Crippen LogP contribution >= 0.6 is 0 Å². The summed E-state index contributed by atoms with van der Waals surface area (Å²) in [5.74, 6) is 2.80. The number of rotatable bonds is 4. The molecule has 4 atom stereocenters. The second-order valence-corrected chi connectivity index (χ2v) is 5.59. The van der Waals surface area contributed by atoms with Crippen LogP contribution in [0.3, 0.4) is 0 Å². The largest absolute Gasteiger partial charge is 0.392 e. The molecular formula is C12H23NO. The number of nitrogens with zero attached hydrogens (tertiary/aromatic N) is 1. The van der Waals surface area contributed by atoms with E-state index in [4.69, 9.17) is 0 Å². The van der Waals surface area contributed by atoms with Crippen LogP contribution in [0.4, 0.5) is 0 Å². The van der Waals surface area contributed by atoms with E-state index in [9.17, 15) is 5.11 Å². The molecule has 0 saturated heterocycles. The molecular weight excluding hydrogens is 174 g/mol. The van der Waals surface area contributed by atoms with Crippen LogP contribution in [0.15, 0.2) is 0 Å². The van der Waals surface area contributed by atoms with E-state index in [0.717, 1.165) is 30.7 Å². The first-order chi connectivity index (χ1) is 6.65. The van der Waals surface area contributed by atoms with Gasteiger partial charge < -0.3 is 10.0 Å². The number of aliphatic hydroxyl groups excluding tert-OH is 1. The summed E-state index contributed by atoms with van der Waals surface area (Å²) in [6.45, 7) is 0.827. The molecule has 4 unspecified atom stereocenters. The van der Waals surface area contributed by atoms with Gasteiger partial charge in [-0.1, -0.05) is 6.42 Å². The highest BCUT2D eigenvalue weighted by atomic mass is 16.3. The molecule has 0 amide bonds. The summed E-state index contributed by atoms with van der Waals surface area (Å²) in [6, 6.07) is 0. The molecule has 0 aromatic rings. The fourth-order valence-electron chi connectivity index (χ4n) is 3.51. The first-order valence-corrected chi connectivity index (χ1v) is 5.98. The number of likely N-dealkylation sites (N-methyl/N-ethyl adjacent to an activating group) is 1. The van der Waals surface area contributed by atoms with Crippen molar-refractivity contribution in [1.29, 1.82) is 0 Å². The SMILES string of the molecule is CN(C)CC(O)CC1CC2CCC1C2. The minimum Gasteiger partial charge on any atom is -0.392 e. The fourth-order valence-corrected chi connectivity index (χ4v) is 3.51. The van der Waals surface area contributed by atoms with Crippen molar-refractivity contribution in [2.75, 3.05) is 20.6 Å². The molecule has 2 fully saturated rings. The lowest BCUT2D eigenvalue weighted by molar-refractivity contribution is 0.0973. The Labute approximate surface area is 87.3 Å². The third-order valence-electron chi connectivity index (χ3n) is 4.04. The van der Waals surface area contributed by atoms with Crippen LogP contribution in [-0.4, -0.2) is 36.8 Å². The van der Waals surface area contributed by atoms with Gasteiger partial charge in [0.25, 0.3) is 0 Å². The molecule has 0 aromatic carbocycles. The molecule has 2 nitrogen and oxygen atoms in total. The van der Waals surface area contributed by atoms with E-state index in [0.29, 0.717) is 0 Å². The molecule has 0 heterocycles. The lowest BCUT2D eigenvalue weighted by Crippen LogP contribution is -2.29. The molecule has 14 heavy (non-hydrogen) atoms. The monoisotopic (exact) mass is 197 g/mol. The number of hydrogen-bond donors (Lipinski definition) is 1. The van der Waals surface area contributed by atoms with Crippen molar-refractivity contribution in [2.45, 2.75) is 38.2 Å². The Balaban J connectivity index is 1.75. The Morgan fingerprint density at radius 1 is 1.29 bits per heavy atom. The van der Waals surface area contributed by atoms with E-state index >= 15 is 0 Å². The van der Waals surface area contributed by atoms with Crippen molar-refractivity contribution in [3.8, 4) is 0 Å². The standard InChI is InChI=1S/C12H23NO/c1-13(2)8-12(14)7-11-6-9-3-4-10(11)5-9/h9-12,14H,3-8H2,1-2H3. The molecule has 2 bridgehead atoms. The molecule has 0 spiro atoms. The van der Waals surface area contributed by atoms with Gasteiger partial charge in [0.15, 0.2) is 0 Å². The highest BCUT2D eigenvalue weighted by Crippen LogP contribution is 2.49. The Hall–Kier alpha value is -0.0800. The Kier molecular flexibility index (Phi) is 3.13. The Morgan fingerprint density at radius 3 is 2.57 bits per heavy atom. The maximum absolute atomic E-state index is 9.87. The average Bonchev–Trinajstić information content (AvgIpc) is 2.62. The number of hydrogen-bond acceptors (Lipinski definition) is 2. The van der Waals surface area contributed by atoms with Gasteiger partial charge in [-0.3, -0.25) is 0 Å². The maximum atomic E-state index is 9.87. The van der Waals surface area contributed by atoms with Crippen LogP contribution in [-0.2, 0) is 0 Å². The van der Waals surface area contributed by atoms with Crippen LogP contribution < -0.4 is 0 Å². The van der Waals surface area contributed by atoms with Crippen LogP contribution in [0.5, 0.6) is 0 Å². The lowest BCUT2D eigenvalue weighted by atomic mass is 9.85.